The Morgan fingerprint density at radius 3 is 2.40 bits per heavy atom. The molecule has 0 saturated carbocycles. The second kappa shape index (κ2) is 5.45. The SMILES string of the molecule is CCCCC12C=CC(O1)c1c(B3OC(C)(C)C(C)(C)O3)cc(C)cc12. The van der Waals surface area contributed by atoms with Crippen LogP contribution in [0.2, 0.25) is 0 Å². The maximum Gasteiger partial charge on any atom is 0.495 e. The molecule has 0 radical (unpaired) electrons. The third-order valence-corrected chi connectivity index (χ3v) is 6.38. The van der Waals surface area contributed by atoms with E-state index in [0.29, 0.717) is 0 Å². The minimum Gasteiger partial charge on any atom is -0.399 e. The summed E-state index contributed by atoms with van der Waals surface area (Å²) in [6.45, 7) is 12.8. The molecule has 1 fully saturated rings. The van der Waals surface area contributed by atoms with Crippen molar-refractivity contribution < 1.29 is 14.0 Å². The quantitative estimate of drug-likeness (QED) is 0.603. The van der Waals surface area contributed by atoms with Crippen molar-refractivity contribution in [3.63, 3.8) is 0 Å². The molecule has 3 aliphatic heterocycles. The van der Waals surface area contributed by atoms with Crippen molar-refractivity contribution in [3.8, 4) is 0 Å². The zero-order chi connectivity index (χ0) is 18.0. The first-order chi connectivity index (χ1) is 11.7. The van der Waals surface area contributed by atoms with Crippen LogP contribution in [-0.2, 0) is 19.6 Å². The third kappa shape index (κ3) is 2.45. The van der Waals surface area contributed by atoms with Crippen LogP contribution in [0.5, 0.6) is 0 Å². The van der Waals surface area contributed by atoms with Crippen LogP contribution in [0.3, 0.4) is 0 Å². The molecule has 0 amide bonds. The standard InChI is InChI=1S/C21H29BO3/c1-7-8-10-21-11-9-17(23-21)18-15(21)12-14(2)13-16(18)22-24-19(3,4)20(5,6)25-22/h9,11-13,17H,7-8,10H2,1-6H3. The summed E-state index contributed by atoms with van der Waals surface area (Å²) in [4.78, 5) is 0. The molecular weight excluding hydrogens is 311 g/mol. The number of benzene rings is 1. The summed E-state index contributed by atoms with van der Waals surface area (Å²) in [6, 6.07) is 4.51. The zero-order valence-corrected chi connectivity index (χ0v) is 16.3. The molecule has 0 N–H and O–H groups in total. The van der Waals surface area contributed by atoms with Gasteiger partial charge in [0.15, 0.2) is 0 Å². The fourth-order valence-electron chi connectivity index (χ4n) is 4.23. The van der Waals surface area contributed by atoms with Crippen molar-refractivity contribution in [2.75, 3.05) is 0 Å². The fourth-order valence-corrected chi connectivity index (χ4v) is 4.23. The zero-order valence-electron chi connectivity index (χ0n) is 16.3. The van der Waals surface area contributed by atoms with Gasteiger partial charge in [0.05, 0.1) is 11.2 Å². The summed E-state index contributed by atoms with van der Waals surface area (Å²) in [7, 11) is -0.335. The van der Waals surface area contributed by atoms with Crippen molar-refractivity contribution in [2.45, 2.75) is 83.7 Å². The summed E-state index contributed by atoms with van der Waals surface area (Å²) >= 11 is 0. The highest BCUT2D eigenvalue weighted by atomic mass is 16.7. The number of unbranched alkanes of at least 4 members (excludes halogenated alkanes) is 1. The summed E-state index contributed by atoms with van der Waals surface area (Å²) in [6.07, 6.45) is 7.88. The second-order valence-corrected chi connectivity index (χ2v) is 8.79. The lowest BCUT2D eigenvalue weighted by molar-refractivity contribution is -0.00988. The van der Waals surface area contributed by atoms with Crippen LogP contribution < -0.4 is 5.46 Å². The van der Waals surface area contributed by atoms with E-state index < -0.39 is 0 Å². The predicted octanol–water partition coefficient (Wildman–Crippen LogP) is 4.32. The molecule has 3 aliphatic rings. The van der Waals surface area contributed by atoms with Gasteiger partial charge in [-0.15, -0.1) is 0 Å². The predicted molar refractivity (Wildman–Crippen MR) is 101 cm³/mol. The number of hydrogen-bond acceptors (Lipinski definition) is 3. The lowest BCUT2D eigenvalue weighted by Crippen LogP contribution is -2.41. The molecule has 1 saturated heterocycles. The first-order valence-corrected chi connectivity index (χ1v) is 9.57. The molecule has 0 aliphatic carbocycles. The van der Waals surface area contributed by atoms with Crippen LogP contribution in [-0.4, -0.2) is 18.3 Å². The van der Waals surface area contributed by atoms with E-state index in [2.05, 4.69) is 65.8 Å². The van der Waals surface area contributed by atoms with Gasteiger partial charge in [-0.1, -0.05) is 43.5 Å². The van der Waals surface area contributed by atoms with Crippen LogP contribution in [0, 0.1) is 6.92 Å². The Hall–Kier alpha value is -1.10. The van der Waals surface area contributed by atoms with E-state index in [1.54, 1.807) is 0 Å². The minimum absolute atomic E-state index is 0.0291. The Bertz CT molecular complexity index is 721. The Balaban J connectivity index is 1.78. The molecule has 3 heterocycles. The highest BCUT2D eigenvalue weighted by molar-refractivity contribution is 6.62. The molecule has 134 valence electrons. The first-order valence-electron chi connectivity index (χ1n) is 9.57. The molecule has 4 heteroatoms. The number of aryl methyl sites for hydroxylation is 1. The van der Waals surface area contributed by atoms with E-state index >= 15 is 0 Å². The van der Waals surface area contributed by atoms with Crippen LogP contribution in [0.15, 0.2) is 24.3 Å². The van der Waals surface area contributed by atoms with E-state index in [9.17, 15) is 0 Å². The topological polar surface area (TPSA) is 27.7 Å². The van der Waals surface area contributed by atoms with Gasteiger partial charge in [-0.05, 0) is 63.7 Å². The first kappa shape index (κ1) is 17.3. The Labute approximate surface area is 151 Å². The van der Waals surface area contributed by atoms with E-state index in [4.69, 9.17) is 14.0 Å². The normalized spacial score (nSPS) is 31.0. The van der Waals surface area contributed by atoms with Gasteiger partial charge in [0.1, 0.15) is 11.7 Å². The van der Waals surface area contributed by atoms with Gasteiger partial charge in [0.2, 0.25) is 0 Å². The van der Waals surface area contributed by atoms with E-state index in [1.807, 2.05) is 0 Å². The Kier molecular flexibility index (Phi) is 3.78. The van der Waals surface area contributed by atoms with Gasteiger partial charge < -0.3 is 14.0 Å². The molecular formula is C21H29BO3. The summed E-state index contributed by atoms with van der Waals surface area (Å²) in [5.41, 5.74) is 4.05. The molecule has 0 aromatic heterocycles. The van der Waals surface area contributed by atoms with Crippen molar-refractivity contribution in [1.82, 2.24) is 0 Å². The average Bonchev–Trinajstić information content (AvgIpc) is 3.14. The van der Waals surface area contributed by atoms with Gasteiger partial charge >= 0.3 is 7.12 Å². The van der Waals surface area contributed by atoms with E-state index in [1.165, 1.54) is 23.1 Å². The van der Waals surface area contributed by atoms with E-state index in [0.717, 1.165) is 18.3 Å². The van der Waals surface area contributed by atoms with Gasteiger partial charge in [-0.3, -0.25) is 0 Å². The Morgan fingerprint density at radius 2 is 1.76 bits per heavy atom. The molecule has 3 nitrogen and oxygen atoms in total. The maximum absolute atomic E-state index is 6.47. The molecule has 0 spiro atoms. The molecule has 4 rings (SSSR count). The summed E-state index contributed by atoms with van der Waals surface area (Å²) < 4.78 is 19.2. The molecule has 1 aromatic rings. The molecule has 2 unspecified atom stereocenters. The average molecular weight is 340 g/mol. The number of ether oxygens (including phenoxy) is 1. The van der Waals surface area contributed by atoms with Gasteiger partial charge in [0, 0.05) is 0 Å². The van der Waals surface area contributed by atoms with Crippen molar-refractivity contribution in [3.05, 3.63) is 41.0 Å². The minimum atomic E-state index is -0.335. The largest absolute Gasteiger partial charge is 0.495 e. The lowest BCUT2D eigenvalue weighted by atomic mass is 9.70. The number of hydrogen-bond donors (Lipinski definition) is 0. The number of fused-ring (bicyclic) bond motifs is 5. The smallest absolute Gasteiger partial charge is 0.399 e. The Morgan fingerprint density at radius 1 is 1.08 bits per heavy atom. The van der Waals surface area contributed by atoms with E-state index in [-0.39, 0.29) is 30.0 Å². The fraction of sp³-hybridized carbons (Fsp3) is 0.619. The summed E-state index contributed by atoms with van der Waals surface area (Å²) in [5.74, 6) is 0. The van der Waals surface area contributed by atoms with Crippen LogP contribution in [0.25, 0.3) is 0 Å². The van der Waals surface area contributed by atoms with Crippen LogP contribution in [0.1, 0.15) is 76.7 Å². The second-order valence-electron chi connectivity index (χ2n) is 8.79. The lowest BCUT2D eigenvalue weighted by Gasteiger charge is -2.32. The van der Waals surface area contributed by atoms with Crippen molar-refractivity contribution in [2.24, 2.45) is 0 Å². The molecule has 25 heavy (non-hydrogen) atoms. The van der Waals surface area contributed by atoms with Gasteiger partial charge in [0.25, 0.3) is 0 Å². The summed E-state index contributed by atoms with van der Waals surface area (Å²) in [5, 5.41) is 0. The highest BCUT2D eigenvalue weighted by Crippen LogP contribution is 2.52. The third-order valence-electron chi connectivity index (χ3n) is 6.38. The maximum atomic E-state index is 6.47. The number of rotatable bonds is 4. The van der Waals surface area contributed by atoms with Crippen molar-refractivity contribution in [1.29, 1.82) is 0 Å². The van der Waals surface area contributed by atoms with Gasteiger partial charge in [-0.2, -0.15) is 0 Å². The van der Waals surface area contributed by atoms with Crippen LogP contribution in [0.4, 0.5) is 0 Å². The monoisotopic (exact) mass is 340 g/mol. The highest BCUT2D eigenvalue weighted by Gasteiger charge is 2.55. The van der Waals surface area contributed by atoms with Crippen LogP contribution >= 0.6 is 0 Å². The van der Waals surface area contributed by atoms with Crippen molar-refractivity contribution >= 4 is 12.6 Å². The van der Waals surface area contributed by atoms with Gasteiger partial charge in [-0.25, -0.2) is 0 Å². The molecule has 1 aromatic carbocycles. The molecule has 2 atom stereocenters. The molecule has 2 bridgehead atoms.